The number of carbonyl (C=O) groups is 2. The van der Waals surface area contributed by atoms with Gasteiger partial charge in [-0.25, -0.2) is 0 Å². The predicted octanol–water partition coefficient (Wildman–Crippen LogP) is -0.457. The number of hydrogen-bond donors (Lipinski definition) is 2. The SMILES string of the molecule is C/C=C(/C=O)C(N)C(=O)O. The number of rotatable bonds is 3. The Morgan fingerprint density at radius 2 is 2.20 bits per heavy atom. The lowest BCUT2D eigenvalue weighted by Crippen LogP contribution is -2.32. The van der Waals surface area contributed by atoms with E-state index in [4.69, 9.17) is 10.8 Å². The second-order valence-corrected chi connectivity index (χ2v) is 1.72. The first-order valence-corrected chi connectivity index (χ1v) is 2.73. The number of nitrogens with two attached hydrogens (primary N) is 1. The Morgan fingerprint density at radius 3 is 2.30 bits per heavy atom. The fourth-order valence-corrected chi connectivity index (χ4v) is 0.463. The van der Waals surface area contributed by atoms with E-state index in [-0.39, 0.29) is 5.57 Å². The Labute approximate surface area is 58.3 Å². The van der Waals surface area contributed by atoms with Crippen LogP contribution in [-0.2, 0) is 9.59 Å². The van der Waals surface area contributed by atoms with Crippen LogP contribution in [0, 0.1) is 0 Å². The first kappa shape index (κ1) is 8.84. The minimum Gasteiger partial charge on any atom is -0.480 e. The highest BCUT2D eigenvalue weighted by atomic mass is 16.4. The van der Waals surface area contributed by atoms with Crippen molar-refractivity contribution in [1.82, 2.24) is 0 Å². The summed E-state index contributed by atoms with van der Waals surface area (Å²) in [6.45, 7) is 1.56. The smallest absolute Gasteiger partial charge is 0.325 e. The van der Waals surface area contributed by atoms with Crippen molar-refractivity contribution in [1.29, 1.82) is 0 Å². The number of allylic oxidation sites excluding steroid dienone is 1. The molecule has 0 saturated heterocycles. The lowest BCUT2D eigenvalue weighted by molar-refractivity contribution is -0.138. The van der Waals surface area contributed by atoms with Gasteiger partial charge in [-0.1, -0.05) is 6.08 Å². The van der Waals surface area contributed by atoms with E-state index in [2.05, 4.69) is 0 Å². The molecule has 56 valence electrons. The molecule has 0 aliphatic carbocycles. The molecule has 0 heterocycles. The lowest BCUT2D eigenvalue weighted by Gasteiger charge is -2.02. The van der Waals surface area contributed by atoms with Crippen molar-refractivity contribution < 1.29 is 14.7 Å². The summed E-state index contributed by atoms with van der Waals surface area (Å²) in [6.07, 6.45) is 1.82. The number of carbonyl (C=O) groups excluding carboxylic acids is 1. The summed E-state index contributed by atoms with van der Waals surface area (Å²) >= 11 is 0. The number of carboxylic acid groups (broad SMARTS) is 1. The number of hydrogen-bond acceptors (Lipinski definition) is 3. The van der Waals surface area contributed by atoms with Crippen LogP contribution in [0.4, 0.5) is 0 Å². The molecule has 0 amide bonds. The molecule has 0 aliphatic rings. The zero-order valence-electron chi connectivity index (χ0n) is 5.57. The topological polar surface area (TPSA) is 80.4 Å². The molecule has 0 aromatic carbocycles. The van der Waals surface area contributed by atoms with Gasteiger partial charge in [-0.15, -0.1) is 0 Å². The van der Waals surface area contributed by atoms with E-state index < -0.39 is 12.0 Å². The van der Waals surface area contributed by atoms with Crippen LogP contribution in [-0.4, -0.2) is 23.4 Å². The molecule has 3 N–H and O–H groups in total. The molecule has 4 nitrogen and oxygen atoms in total. The van der Waals surface area contributed by atoms with Crippen LogP contribution in [0.3, 0.4) is 0 Å². The van der Waals surface area contributed by atoms with Crippen molar-refractivity contribution in [2.75, 3.05) is 0 Å². The number of aliphatic carboxylic acids is 1. The molecule has 10 heavy (non-hydrogen) atoms. The van der Waals surface area contributed by atoms with Gasteiger partial charge in [0.1, 0.15) is 12.3 Å². The van der Waals surface area contributed by atoms with E-state index in [0.29, 0.717) is 6.29 Å². The van der Waals surface area contributed by atoms with Gasteiger partial charge in [0.05, 0.1) is 0 Å². The summed E-state index contributed by atoms with van der Waals surface area (Å²) in [7, 11) is 0. The van der Waals surface area contributed by atoms with Crippen molar-refractivity contribution in [3.63, 3.8) is 0 Å². The van der Waals surface area contributed by atoms with Gasteiger partial charge in [-0.05, 0) is 6.92 Å². The summed E-state index contributed by atoms with van der Waals surface area (Å²) in [6, 6.07) is -1.19. The second kappa shape index (κ2) is 3.79. The highest BCUT2D eigenvalue weighted by Gasteiger charge is 2.14. The molecule has 0 bridgehead atoms. The molecule has 0 radical (unpaired) electrons. The van der Waals surface area contributed by atoms with Crippen molar-refractivity contribution in [3.05, 3.63) is 11.6 Å². The van der Waals surface area contributed by atoms with Crippen LogP contribution in [0.25, 0.3) is 0 Å². The standard InChI is InChI=1S/C6H9NO3/c1-2-4(3-8)5(7)6(9)10/h2-3,5H,7H2,1H3,(H,9,10)/b4-2-. The molecule has 1 unspecified atom stereocenters. The molecule has 1 atom stereocenters. The van der Waals surface area contributed by atoms with E-state index in [0.717, 1.165) is 0 Å². The Morgan fingerprint density at radius 1 is 1.70 bits per heavy atom. The molecule has 0 aliphatic heterocycles. The minimum absolute atomic E-state index is 0.0903. The molecule has 0 rings (SSSR count). The fraction of sp³-hybridized carbons (Fsp3) is 0.333. The Kier molecular flexibility index (Phi) is 3.35. The molecular weight excluding hydrogens is 134 g/mol. The van der Waals surface area contributed by atoms with Crippen LogP contribution in [0.2, 0.25) is 0 Å². The molecular formula is C6H9NO3. The van der Waals surface area contributed by atoms with Crippen LogP contribution in [0.1, 0.15) is 6.92 Å². The summed E-state index contributed by atoms with van der Waals surface area (Å²) in [4.78, 5) is 20.2. The average molecular weight is 143 g/mol. The van der Waals surface area contributed by atoms with E-state index in [1.807, 2.05) is 0 Å². The fourth-order valence-electron chi connectivity index (χ4n) is 0.463. The van der Waals surface area contributed by atoms with E-state index in [1.165, 1.54) is 6.08 Å². The average Bonchev–Trinajstić information content (AvgIpc) is 1.90. The molecule has 4 heteroatoms. The maximum atomic E-state index is 10.1. The quantitative estimate of drug-likeness (QED) is 0.414. The van der Waals surface area contributed by atoms with Crippen molar-refractivity contribution in [2.45, 2.75) is 13.0 Å². The molecule has 0 spiro atoms. The maximum Gasteiger partial charge on any atom is 0.325 e. The molecule has 0 aromatic heterocycles. The monoisotopic (exact) mass is 143 g/mol. The third-order valence-electron chi connectivity index (χ3n) is 1.09. The highest BCUT2D eigenvalue weighted by Crippen LogP contribution is 1.94. The Hall–Kier alpha value is -1.16. The maximum absolute atomic E-state index is 10.1. The van der Waals surface area contributed by atoms with Gasteiger partial charge in [0.2, 0.25) is 0 Å². The normalized spacial score (nSPS) is 14.4. The molecule has 0 saturated carbocycles. The zero-order valence-corrected chi connectivity index (χ0v) is 5.57. The first-order chi connectivity index (χ1) is 4.63. The van der Waals surface area contributed by atoms with Crippen LogP contribution < -0.4 is 5.73 Å². The molecule has 0 aromatic rings. The Balaban J connectivity index is 4.31. The molecule has 0 fully saturated rings. The Bertz CT molecular complexity index is 174. The third kappa shape index (κ3) is 1.99. The number of carboxylic acids is 1. The largest absolute Gasteiger partial charge is 0.480 e. The van der Waals surface area contributed by atoms with Gasteiger partial charge in [0.15, 0.2) is 0 Å². The van der Waals surface area contributed by atoms with Crippen molar-refractivity contribution >= 4 is 12.3 Å². The summed E-state index contributed by atoms with van der Waals surface area (Å²) in [5, 5.41) is 8.29. The zero-order chi connectivity index (χ0) is 8.15. The highest BCUT2D eigenvalue weighted by molar-refractivity contribution is 5.88. The first-order valence-electron chi connectivity index (χ1n) is 2.73. The lowest BCUT2D eigenvalue weighted by atomic mass is 10.1. The predicted molar refractivity (Wildman–Crippen MR) is 35.4 cm³/mol. The number of aldehydes is 1. The van der Waals surface area contributed by atoms with Gasteiger partial charge in [-0.2, -0.15) is 0 Å². The van der Waals surface area contributed by atoms with Gasteiger partial charge in [0.25, 0.3) is 0 Å². The van der Waals surface area contributed by atoms with Crippen LogP contribution >= 0.6 is 0 Å². The van der Waals surface area contributed by atoms with E-state index in [1.54, 1.807) is 6.92 Å². The van der Waals surface area contributed by atoms with Gasteiger partial charge in [-0.3, -0.25) is 9.59 Å². The van der Waals surface area contributed by atoms with Crippen molar-refractivity contribution in [3.8, 4) is 0 Å². The summed E-state index contributed by atoms with van der Waals surface area (Å²) in [5.41, 5.74) is 5.17. The van der Waals surface area contributed by atoms with Gasteiger partial charge >= 0.3 is 5.97 Å². The van der Waals surface area contributed by atoms with Crippen LogP contribution in [0.15, 0.2) is 11.6 Å². The van der Waals surface area contributed by atoms with E-state index in [9.17, 15) is 9.59 Å². The minimum atomic E-state index is -1.19. The third-order valence-corrected chi connectivity index (χ3v) is 1.09. The summed E-state index contributed by atoms with van der Waals surface area (Å²) in [5.74, 6) is -1.19. The second-order valence-electron chi connectivity index (χ2n) is 1.72. The van der Waals surface area contributed by atoms with Gasteiger partial charge in [0, 0.05) is 5.57 Å². The van der Waals surface area contributed by atoms with Crippen LogP contribution in [0.5, 0.6) is 0 Å². The summed E-state index contributed by atoms with van der Waals surface area (Å²) < 4.78 is 0. The van der Waals surface area contributed by atoms with Crippen molar-refractivity contribution in [2.24, 2.45) is 5.73 Å². The van der Waals surface area contributed by atoms with E-state index >= 15 is 0 Å². The van der Waals surface area contributed by atoms with Gasteiger partial charge < -0.3 is 10.8 Å².